The lowest BCUT2D eigenvalue weighted by molar-refractivity contribution is 0.0696. The number of carbonyl (C=O) groups is 1. The first kappa shape index (κ1) is 24.6. The molecule has 35 heavy (non-hydrogen) atoms. The van der Waals surface area contributed by atoms with E-state index in [0.717, 1.165) is 28.2 Å². The van der Waals surface area contributed by atoms with Gasteiger partial charge in [0.2, 0.25) is 0 Å². The van der Waals surface area contributed by atoms with Crippen LogP contribution in [-0.4, -0.2) is 27.6 Å². The molecule has 0 aliphatic carbocycles. The molecule has 1 aromatic heterocycles. The predicted octanol–water partition coefficient (Wildman–Crippen LogP) is 6.10. The Morgan fingerprint density at radius 3 is 2.63 bits per heavy atom. The van der Waals surface area contributed by atoms with Gasteiger partial charge < -0.3 is 15.8 Å². The van der Waals surface area contributed by atoms with Crippen LogP contribution in [0.1, 0.15) is 40.5 Å². The van der Waals surface area contributed by atoms with Crippen molar-refractivity contribution in [1.29, 1.82) is 0 Å². The number of carboxylic acids is 1. The average molecular weight is 510 g/mol. The van der Waals surface area contributed by atoms with Gasteiger partial charge in [0.1, 0.15) is 17.2 Å². The Morgan fingerprint density at radius 1 is 1.14 bits per heavy atom. The Labute approximate surface area is 214 Å². The maximum absolute atomic E-state index is 12.1. The van der Waals surface area contributed by atoms with Crippen LogP contribution in [0.5, 0.6) is 0 Å². The van der Waals surface area contributed by atoms with Crippen molar-refractivity contribution in [2.45, 2.75) is 26.7 Å². The lowest BCUT2D eigenvalue weighted by atomic mass is 9.95. The molecule has 1 aliphatic heterocycles. The summed E-state index contributed by atoms with van der Waals surface area (Å²) in [7, 11) is 0. The zero-order valence-corrected chi connectivity index (χ0v) is 20.9. The monoisotopic (exact) mass is 509 g/mol. The summed E-state index contributed by atoms with van der Waals surface area (Å²) in [6.45, 7) is 4.46. The number of nitrogens with zero attached hydrogens (tertiary/aromatic N) is 3. The Hall–Kier alpha value is -3.55. The highest BCUT2D eigenvalue weighted by Gasteiger charge is 2.24. The molecule has 180 valence electrons. The third-order valence-electron chi connectivity index (χ3n) is 5.64. The zero-order valence-electron chi connectivity index (χ0n) is 19.3. The highest BCUT2D eigenvalue weighted by Crippen LogP contribution is 2.34. The first-order valence-corrected chi connectivity index (χ1v) is 11.9. The molecule has 0 saturated heterocycles. The quantitative estimate of drug-likeness (QED) is 0.337. The number of aryl methyl sites for hydroxylation is 2. The summed E-state index contributed by atoms with van der Waals surface area (Å²) in [5, 5.41) is 16.2. The third-order valence-corrected chi connectivity index (χ3v) is 6.29. The van der Waals surface area contributed by atoms with Gasteiger partial charge in [-0.3, -0.25) is 5.01 Å². The fraction of sp³-hybridized carbons (Fsp3) is 0.192. The smallest absolute Gasteiger partial charge is 0.336 e. The number of carboxylic acid groups (broad SMARTS) is 1. The highest BCUT2D eigenvalue weighted by atomic mass is 35.5. The average Bonchev–Trinajstić information content (AvgIpc) is 2.85. The minimum atomic E-state index is -0.990. The summed E-state index contributed by atoms with van der Waals surface area (Å²) in [6, 6.07) is 12.7. The second-order valence-corrected chi connectivity index (χ2v) is 8.83. The number of hydrogen-bond donors (Lipinski definition) is 3. The third kappa shape index (κ3) is 5.42. The minimum absolute atomic E-state index is 0.221. The number of allylic oxidation sites excluding steroid dienone is 1. The Bertz CT molecular complexity index is 1310. The number of hydrazine groups is 1. The fourth-order valence-electron chi connectivity index (χ4n) is 3.92. The van der Waals surface area contributed by atoms with Gasteiger partial charge >= 0.3 is 5.97 Å². The highest BCUT2D eigenvalue weighted by molar-refractivity contribution is 6.33. The van der Waals surface area contributed by atoms with Gasteiger partial charge in [-0.05, 0) is 67.8 Å². The summed E-state index contributed by atoms with van der Waals surface area (Å²) >= 11 is 12.5. The minimum Gasteiger partial charge on any atom is -0.478 e. The molecule has 0 spiro atoms. The van der Waals surface area contributed by atoms with E-state index >= 15 is 0 Å². The fourth-order valence-corrected chi connectivity index (χ4v) is 4.34. The molecule has 2 heterocycles. The Balaban J connectivity index is 1.75. The molecule has 0 amide bonds. The molecular formula is C26H25Cl2N5O2. The molecular weight excluding hydrogens is 485 g/mol. The number of anilines is 2. The first-order valence-electron chi connectivity index (χ1n) is 11.2. The second-order valence-electron chi connectivity index (χ2n) is 8.02. The maximum Gasteiger partial charge on any atom is 0.336 e. The number of benzene rings is 2. The van der Waals surface area contributed by atoms with Crippen molar-refractivity contribution < 1.29 is 9.90 Å². The van der Waals surface area contributed by atoms with Crippen molar-refractivity contribution in [2.24, 2.45) is 0 Å². The van der Waals surface area contributed by atoms with E-state index in [9.17, 15) is 9.90 Å². The zero-order chi connectivity index (χ0) is 24.9. The summed E-state index contributed by atoms with van der Waals surface area (Å²) in [5.41, 5.74) is 8.35. The van der Waals surface area contributed by atoms with Gasteiger partial charge in [-0.1, -0.05) is 41.8 Å². The molecule has 3 aromatic rings. The number of hydrogen-bond acceptors (Lipinski definition) is 6. The lowest BCUT2D eigenvalue weighted by Gasteiger charge is -2.33. The van der Waals surface area contributed by atoms with Crippen LogP contribution >= 0.6 is 23.2 Å². The summed E-state index contributed by atoms with van der Waals surface area (Å²) < 4.78 is 0. The van der Waals surface area contributed by atoms with Gasteiger partial charge in [0.05, 0.1) is 22.6 Å². The predicted molar refractivity (Wildman–Crippen MR) is 141 cm³/mol. The van der Waals surface area contributed by atoms with Crippen LogP contribution in [0.15, 0.2) is 66.6 Å². The van der Waals surface area contributed by atoms with Crippen LogP contribution in [0.3, 0.4) is 0 Å². The Morgan fingerprint density at radius 2 is 1.91 bits per heavy atom. The van der Waals surface area contributed by atoms with Crippen molar-refractivity contribution >= 4 is 46.4 Å². The van der Waals surface area contributed by atoms with Crippen LogP contribution in [0.2, 0.25) is 10.0 Å². The van der Waals surface area contributed by atoms with E-state index in [4.69, 9.17) is 23.2 Å². The molecule has 0 radical (unpaired) electrons. The molecule has 3 N–H and O–H groups in total. The largest absolute Gasteiger partial charge is 0.478 e. The van der Waals surface area contributed by atoms with E-state index in [1.54, 1.807) is 24.3 Å². The lowest BCUT2D eigenvalue weighted by Crippen LogP contribution is -2.36. The maximum atomic E-state index is 12.1. The standard InChI is InChI=1S/C26H25Cl2N5O2/c1-3-22-23(28)25(31-15-30-22)29-12-10-17-11-13-32-33(19-7-5-18(27)6-8-19)24(17)21-14-16(2)4-9-20(21)26(34)35/h4-9,11,13-15,32H,3,10,12H2,1-2H3,(H,34,35)(H,29,30,31). The van der Waals surface area contributed by atoms with Gasteiger partial charge in [0.15, 0.2) is 0 Å². The van der Waals surface area contributed by atoms with Crippen molar-refractivity contribution in [3.63, 3.8) is 0 Å². The van der Waals surface area contributed by atoms with E-state index < -0.39 is 5.97 Å². The molecule has 4 rings (SSSR count). The molecule has 2 aromatic carbocycles. The number of rotatable bonds is 8. The molecule has 1 aliphatic rings. The van der Waals surface area contributed by atoms with E-state index in [0.29, 0.717) is 40.8 Å². The van der Waals surface area contributed by atoms with Crippen LogP contribution in [0, 0.1) is 6.92 Å². The summed E-state index contributed by atoms with van der Waals surface area (Å²) in [5.74, 6) is -0.412. The number of halogens is 2. The van der Waals surface area contributed by atoms with E-state index in [-0.39, 0.29) is 5.56 Å². The van der Waals surface area contributed by atoms with Crippen LogP contribution < -0.4 is 15.8 Å². The molecule has 0 saturated carbocycles. The first-order chi connectivity index (χ1) is 16.9. The number of aromatic carboxylic acids is 1. The molecule has 9 heteroatoms. The summed E-state index contributed by atoms with van der Waals surface area (Å²) in [4.78, 5) is 20.6. The van der Waals surface area contributed by atoms with Gasteiger partial charge in [-0.15, -0.1) is 0 Å². The molecule has 7 nitrogen and oxygen atoms in total. The van der Waals surface area contributed by atoms with E-state index in [1.165, 1.54) is 6.33 Å². The molecule has 0 fully saturated rings. The van der Waals surface area contributed by atoms with E-state index in [2.05, 4.69) is 20.7 Å². The van der Waals surface area contributed by atoms with Crippen molar-refractivity contribution in [1.82, 2.24) is 15.4 Å². The van der Waals surface area contributed by atoms with Crippen LogP contribution in [0.4, 0.5) is 11.5 Å². The van der Waals surface area contributed by atoms with Crippen molar-refractivity contribution in [3.8, 4) is 0 Å². The van der Waals surface area contributed by atoms with Crippen LogP contribution in [0.25, 0.3) is 5.70 Å². The number of nitrogens with one attached hydrogen (secondary N) is 2. The normalized spacial score (nSPS) is 13.1. The Kier molecular flexibility index (Phi) is 7.58. The summed E-state index contributed by atoms with van der Waals surface area (Å²) in [6.07, 6.45) is 6.58. The molecule has 0 unspecified atom stereocenters. The van der Waals surface area contributed by atoms with Gasteiger partial charge in [0.25, 0.3) is 0 Å². The number of aromatic nitrogens is 2. The van der Waals surface area contributed by atoms with E-state index in [1.807, 2.05) is 49.3 Å². The second kappa shape index (κ2) is 10.8. The van der Waals surface area contributed by atoms with Gasteiger partial charge in [0, 0.05) is 23.3 Å². The molecule has 0 bridgehead atoms. The molecule has 0 atom stereocenters. The SMILES string of the molecule is CCc1ncnc(NCCC2=C(c3cc(C)ccc3C(=O)O)N(c3ccc(Cl)cc3)NC=C2)c1Cl. The van der Waals surface area contributed by atoms with Gasteiger partial charge in [-0.25, -0.2) is 14.8 Å². The van der Waals surface area contributed by atoms with Crippen molar-refractivity contribution in [2.75, 3.05) is 16.9 Å². The van der Waals surface area contributed by atoms with Crippen molar-refractivity contribution in [3.05, 3.63) is 99.1 Å². The van der Waals surface area contributed by atoms with Crippen LogP contribution in [-0.2, 0) is 6.42 Å². The van der Waals surface area contributed by atoms with Gasteiger partial charge in [-0.2, -0.15) is 0 Å². The topological polar surface area (TPSA) is 90.4 Å².